The maximum Gasteiger partial charge on any atom is 0.0444 e. The van der Waals surface area contributed by atoms with Crippen LogP contribution in [-0.2, 0) is 6.42 Å². The van der Waals surface area contributed by atoms with E-state index in [1.165, 1.54) is 22.5 Å². The normalized spacial score (nSPS) is 12.7. The molecular weight excluding hydrogens is 218 g/mol. The third kappa shape index (κ3) is 2.40. The summed E-state index contributed by atoms with van der Waals surface area (Å²) in [5.74, 6) is 0. The van der Waals surface area contributed by atoms with Crippen LogP contribution in [0.1, 0.15) is 25.0 Å². The van der Waals surface area contributed by atoms with Gasteiger partial charge in [0.25, 0.3) is 0 Å². The van der Waals surface area contributed by atoms with Crippen LogP contribution in [0.3, 0.4) is 0 Å². The molecule has 0 fully saturated rings. The molecule has 1 heterocycles. The van der Waals surface area contributed by atoms with Gasteiger partial charge in [0, 0.05) is 17.9 Å². The van der Waals surface area contributed by atoms with Crippen molar-refractivity contribution in [3.63, 3.8) is 0 Å². The van der Waals surface area contributed by atoms with Crippen molar-refractivity contribution in [3.05, 3.63) is 59.7 Å². The highest BCUT2D eigenvalue weighted by Crippen LogP contribution is 2.33. The average Bonchev–Trinajstić information content (AvgIpc) is 2.86. The van der Waals surface area contributed by atoms with E-state index >= 15 is 0 Å². The number of hydrogen-bond acceptors (Lipinski definition) is 1. The minimum atomic E-state index is 1.10. The summed E-state index contributed by atoms with van der Waals surface area (Å²) in [4.78, 5) is 2.40. The second kappa shape index (κ2) is 5.72. The quantitative estimate of drug-likeness (QED) is 0.696. The van der Waals surface area contributed by atoms with Crippen molar-refractivity contribution < 1.29 is 0 Å². The third-order valence-corrected chi connectivity index (χ3v) is 3.23. The summed E-state index contributed by atoms with van der Waals surface area (Å²) in [6.45, 7) is 7.23. The van der Waals surface area contributed by atoms with Gasteiger partial charge in [-0.3, -0.25) is 0 Å². The van der Waals surface area contributed by atoms with Gasteiger partial charge in [0.2, 0.25) is 0 Å². The van der Waals surface area contributed by atoms with Crippen LogP contribution in [0, 0.1) is 6.92 Å². The molecule has 0 radical (unpaired) electrons. The van der Waals surface area contributed by atoms with E-state index in [-0.39, 0.29) is 0 Å². The zero-order chi connectivity index (χ0) is 13.0. The van der Waals surface area contributed by atoms with Crippen LogP contribution < -0.4 is 4.90 Å². The Morgan fingerprint density at radius 1 is 0.889 bits per heavy atom. The van der Waals surface area contributed by atoms with E-state index in [0.29, 0.717) is 0 Å². The van der Waals surface area contributed by atoms with Crippen molar-refractivity contribution in [2.75, 3.05) is 11.4 Å². The summed E-state index contributed by atoms with van der Waals surface area (Å²) in [6.07, 6.45) is 1.16. The molecule has 2 aromatic carbocycles. The second-order valence-corrected chi connectivity index (χ2v) is 4.37. The number of hydrogen-bond donors (Lipinski definition) is 0. The van der Waals surface area contributed by atoms with Gasteiger partial charge in [0.1, 0.15) is 0 Å². The molecule has 0 atom stereocenters. The summed E-state index contributed by atoms with van der Waals surface area (Å²) in [5, 5.41) is 0. The number of benzene rings is 2. The van der Waals surface area contributed by atoms with Crippen LogP contribution in [0.15, 0.2) is 48.5 Å². The smallest absolute Gasteiger partial charge is 0.0444 e. The van der Waals surface area contributed by atoms with Crippen molar-refractivity contribution in [2.45, 2.75) is 27.2 Å². The van der Waals surface area contributed by atoms with Gasteiger partial charge in [-0.15, -0.1) is 0 Å². The molecule has 1 aliphatic rings. The van der Waals surface area contributed by atoms with Crippen molar-refractivity contribution in [1.82, 2.24) is 0 Å². The highest BCUT2D eigenvalue weighted by atomic mass is 15.2. The van der Waals surface area contributed by atoms with Crippen LogP contribution >= 0.6 is 0 Å². The Bertz CT molecular complexity index is 499. The molecular formula is C17H21N. The van der Waals surface area contributed by atoms with E-state index in [0.717, 1.165) is 13.0 Å². The maximum atomic E-state index is 2.40. The Labute approximate surface area is 110 Å². The molecule has 0 unspecified atom stereocenters. The molecule has 0 bridgehead atoms. The second-order valence-electron chi connectivity index (χ2n) is 4.37. The van der Waals surface area contributed by atoms with E-state index in [1.54, 1.807) is 0 Å². The fraction of sp³-hybridized carbons (Fsp3) is 0.294. The predicted molar refractivity (Wildman–Crippen MR) is 79.7 cm³/mol. The highest BCUT2D eigenvalue weighted by Gasteiger charge is 2.19. The number of para-hydroxylation sites is 1. The fourth-order valence-corrected chi connectivity index (χ4v) is 2.33. The Hall–Kier alpha value is -1.76. The molecule has 0 aliphatic carbocycles. The molecule has 1 heteroatoms. The summed E-state index contributed by atoms with van der Waals surface area (Å²) in [5.41, 5.74) is 5.45. The lowest BCUT2D eigenvalue weighted by Gasteiger charge is -2.19. The van der Waals surface area contributed by atoms with E-state index in [4.69, 9.17) is 0 Å². The first-order valence-electron chi connectivity index (χ1n) is 6.77. The van der Waals surface area contributed by atoms with Gasteiger partial charge in [-0.2, -0.15) is 0 Å². The number of nitrogens with zero attached hydrogens (tertiary/aromatic N) is 1. The molecule has 18 heavy (non-hydrogen) atoms. The zero-order valence-corrected chi connectivity index (χ0v) is 11.5. The van der Waals surface area contributed by atoms with Gasteiger partial charge >= 0.3 is 0 Å². The van der Waals surface area contributed by atoms with Gasteiger partial charge in [-0.25, -0.2) is 0 Å². The van der Waals surface area contributed by atoms with Crippen LogP contribution in [0.25, 0.3) is 0 Å². The number of anilines is 2. The first-order chi connectivity index (χ1) is 8.84. The van der Waals surface area contributed by atoms with E-state index in [2.05, 4.69) is 60.4 Å². The van der Waals surface area contributed by atoms with Crippen LogP contribution in [-0.4, -0.2) is 6.54 Å². The van der Waals surface area contributed by atoms with Gasteiger partial charge < -0.3 is 4.90 Å². The first kappa shape index (κ1) is 12.7. The molecule has 1 aliphatic heterocycles. The van der Waals surface area contributed by atoms with Crippen molar-refractivity contribution in [3.8, 4) is 0 Å². The summed E-state index contributed by atoms with van der Waals surface area (Å²) in [7, 11) is 0. The Morgan fingerprint density at radius 2 is 1.56 bits per heavy atom. The standard InChI is InChI=1S/C15H15N.C2H6/c1-12-6-8-14(9-7-12)16-11-10-13-4-2-3-5-15(13)16;1-2/h2-9H,10-11H2,1H3;1-2H3. The van der Waals surface area contributed by atoms with E-state index in [1.807, 2.05) is 13.8 Å². The Morgan fingerprint density at radius 3 is 2.28 bits per heavy atom. The molecule has 94 valence electrons. The van der Waals surface area contributed by atoms with E-state index in [9.17, 15) is 0 Å². The van der Waals surface area contributed by atoms with Gasteiger partial charge in [-0.05, 0) is 37.1 Å². The average molecular weight is 239 g/mol. The summed E-state index contributed by atoms with van der Waals surface area (Å²) >= 11 is 0. The van der Waals surface area contributed by atoms with Crippen LogP contribution in [0.4, 0.5) is 11.4 Å². The predicted octanol–water partition coefficient (Wildman–Crippen LogP) is 4.72. The number of rotatable bonds is 1. The molecule has 0 spiro atoms. The number of fused-ring (bicyclic) bond motifs is 1. The molecule has 0 saturated carbocycles. The topological polar surface area (TPSA) is 3.24 Å². The molecule has 0 saturated heterocycles. The summed E-state index contributed by atoms with van der Waals surface area (Å²) in [6, 6.07) is 17.4. The van der Waals surface area contributed by atoms with Crippen LogP contribution in [0.5, 0.6) is 0 Å². The maximum absolute atomic E-state index is 2.40. The largest absolute Gasteiger partial charge is 0.341 e. The highest BCUT2D eigenvalue weighted by molar-refractivity contribution is 5.69. The Balaban J connectivity index is 0.000000574. The SMILES string of the molecule is CC.Cc1ccc(N2CCc3ccccc32)cc1. The molecule has 0 amide bonds. The van der Waals surface area contributed by atoms with Crippen molar-refractivity contribution >= 4 is 11.4 Å². The van der Waals surface area contributed by atoms with Crippen molar-refractivity contribution in [1.29, 1.82) is 0 Å². The molecule has 0 N–H and O–H groups in total. The fourth-order valence-electron chi connectivity index (χ4n) is 2.33. The van der Waals surface area contributed by atoms with E-state index < -0.39 is 0 Å². The molecule has 3 rings (SSSR count). The minimum Gasteiger partial charge on any atom is -0.341 e. The lowest BCUT2D eigenvalue weighted by atomic mass is 10.1. The monoisotopic (exact) mass is 239 g/mol. The minimum absolute atomic E-state index is 1.10. The first-order valence-corrected chi connectivity index (χ1v) is 6.77. The number of aryl methyl sites for hydroxylation is 1. The lowest BCUT2D eigenvalue weighted by Crippen LogP contribution is -2.12. The van der Waals surface area contributed by atoms with Gasteiger partial charge in [0.15, 0.2) is 0 Å². The van der Waals surface area contributed by atoms with Gasteiger partial charge in [-0.1, -0.05) is 49.7 Å². The molecule has 0 aromatic heterocycles. The van der Waals surface area contributed by atoms with Crippen LogP contribution in [0.2, 0.25) is 0 Å². The zero-order valence-electron chi connectivity index (χ0n) is 11.5. The lowest BCUT2D eigenvalue weighted by molar-refractivity contribution is 0.998. The Kier molecular flexibility index (Phi) is 4.03. The molecule has 1 nitrogen and oxygen atoms in total. The van der Waals surface area contributed by atoms with Crippen molar-refractivity contribution in [2.24, 2.45) is 0 Å². The third-order valence-electron chi connectivity index (χ3n) is 3.23. The van der Waals surface area contributed by atoms with Gasteiger partial charge in [0.05, 0.1) is 0 Å². The molecule has 2 aromatic rings. The summed E-state index contributed by atoms with van der Waals surface area (Å²) < 4.78 is 0.